The summed E-state index contributed by atoms with van der Waals surface area (Å²) in [5.74, 6) is 1.50. The van der Waals surface area contributed by atoms with Crippen LogP contribution in [0.2, 0.25) is 0 Å². The van der Waals surface area contributed by atoms with Gasteiger partial charge >= 0.3 is 0 Å². The van der Waals surface area contributed by atoms with Crippen LogP contribution >= 0.6 is 0 Å². The standard InChI is InChI=1S/C23H28N2O5/c1-4-29-19-12-9-16(14-21(19)30-5-2)23(27)24-17-10-11-18(20(15-17)28-3)25-13-7-6-8-22(25)26/h9-12,14-15H,4-8,13H2,1-3H3,(H,24,27). The monoisotopic (exact) mass is 412 g/mol. The lowest BCUT2D eigenvalue weighted by Gasteiger charge is -2.28. The number of piperidine rings is 1. The largest absolute Gasteiger partial charge is 0.494 e. The fourth-order valence-corrected chi connectivity index (χ4v) is 3.43. The summed E-state index contributed by atoms with van der Waals surface area (Å²) in [5.41, 5.74) is 1.76. The Morgan fingerprint density at radius 2 is 1.77 bits per heavy atom. The third kappa shape index (κ3) is 4.84. The van der Waals surface area contributed by atoms with E-state index in [-0.39, 0.29) is 11.8 Å². The van der Waals surface area contributed by atoms with E-state index in [0.29, 0.717) is 54.7 Å². The van der Waals surface area contributed by atoms with Crippen molar-refractivity contribution in [1.82, 2.24) is 0 Å². The Kier molecular flexibility index (Phi) is 7.17. The second kappa shape index (κ2) is 10.0. The van der Waals surface area contributed by atoms with Crippen molar-refractivity contribution in [1.29, 1.82) is 0 Å². The maximum Gasteiger partial charge on any atom is 0.255 e. The van der Waals surface area contributed by atoms with Gasteiger partial charge in [0.05, 0.1) is 26.0 Å². The van der Waals surface area contributed by atoms with E-state index in [1.165, 1.54) is 0 Å². The highest BCUT2D eigenvalue weighted by molar-refractivity contribution is 6.05. The molecule has 1 heterocycles. The van der Waals surface area contributed by atoms with Crippen LogP contribution in [0, 0.1) is 0 Å². The molecule has 7 heteroatoms. The first-order chi connectivity index (χ1) is 14.6. The molecule has 1 aliphatic heterocycles. The summed E-state index contributed by atoms with van der Waals surface area (Å²) in [4.78, 5) is 26.8. The molecular formula is C23H28N2O5. The number of carbonyl (C=O) groups is 2. The van der Waals surface area contributed by atoms with Gasteiger partial charge in [0.1, 0.15) is 5.75 Å². The Bertz CT molecular complexity index is 912. The van der Waals surface area contributed by atoms with Crippen LogP contribution in [-0.2, 0) is 4.79 Å². The van der Waals surface area contributed by atoms with E-state index in [1.54, 1.807) is 42.3 Å². The molecule has 1 saturated heterocycles. The maximum absolute atomic E-state index is 12.8. The van der Waals surface area contributed by atoms with Crippen LogP contribution in [-0.4, -0.2) is 38.7 Å². The predicted molar refractivity (Wildman–Crippen MR) is 116 cm³/mol. The van der Waals surface area contributed by atoms with Crippen LogP contribution in [0.3, 0.4) is 0 Å². The quantitative estimate of drug-likeness (QED) is 0.701. The van der Waals surface area contributed by atoms with Crippen LogP contribution < -0.4 is 24.4 Å². The van der Waals surface area contributed by atoms with E-state index in [4.69, 9.17) is 14.2 Å². The van der Waals surface area contributed by atoms with Crippen molar-refractivity contribution in [2.75, 3.05) is 37.1 Å². The van der Waals surface area contributed by atoms with Crippen LogP contribution in [0.5, 0.6) is 17.2 Å². The molecule has 0 atom stereocenters. The zero-order chi connectivity index (χ0) is 21.5. The van der Waals surface area contributed by atoms with E-state index in [2.05, 4.69) is 5.32 Å². The first-order valence-corrected chi connectivity index (χ1v) is 10.3. The number of rotatable bonds is 8. The predicted octanol–water partition coefficient (Wildman–Crippen LogP) is 4.26. The fraction of sp³-hybridized carbons (Fsp3) is 0.391. The van der Waals surface area contributed by atoms with Crippen molar-refractivity contribution in [3.8, 4) is 17.2 Å². The summed E-state index contributed by atoms with van der Waals surface area (Å²) >= 11 is 0. The zero-order valence-electron chi connectivity index (χ0n) is 17.7. The normalized spacial score (nSPS) is 13.7. The molecule has 1 aliphatic rings. The summed E-state index contributed by atoms with van der Waals surface area (Å²) in [6, 6.07) is 10.4. The van der Waals surface area contributed by atoms with Gasteiger partial charge in [-0.2, -0.15) is 0 Å². The van der Waals surface area contributed by atoms with E-state index < -0.39 is 0 Å². The lowest BCUT2D eigenvalue weighted by molar-refractivity contribution is -0.119. The summed E-state index contributed by atoms with van der Waals surface area (Å²) in [5, 5.41) is 2.88. The second-order valence-corrected chi connectivity index (χ2v) is 6.87. The van der Waals surface area contributed by atoms with E-state index >= 15 is 0 Å². The van der Waals surface area contributed by atoms with Gasteiger partial charge in [-0.3, -0.25) is 9.59 Å². The number of amides is 2. The second-order valence-electron chi connectivity index (χ2n) is 6.87. The molecule has 0 unspecified atom stereocenters. The topological polar surface area (TPSA) is 77.1 Å². The molecule has 3 rings (SSSR count). The van der Waals surface area contributed by atoms with Gasteiger partial charge in [-0.05, 0) is 57.0 Å². The molecule has 30 heavy (non-hydrogen) atoms. The Labute approximate surface area is 176 Å². The number of hydrogen-bond donors (Lipinski definition) is 1. The first kappa shape index (κ1) is 21.5. The van der Waals surface area contributed by atoms with E-state index in [1.807, 2.05) is 19.9 Å². The molecule has 2 aromatic rings. The average Bonchev–Trinajstić information content (AvgIpc) is 2.75. The minimum absolute atomic E-state index is 0.0918. The maximum atomic E-state index is 12.8. The van der Waals surface area contributed by atoms with Crippen LogP contribution in [0.25, 0.3) is 0 Å². The number of nitrogens with one attached hydrogen (secondary N) is 1. The Hall–Kier alpha value is -3.22. The molecule has 2 amide bonds. The summed E-state index contributed by atoms with van der Waals surface area (Å²) in [7, 11) is 1.56. The Balaban J connectivity index is 1.79. The van der Waals surface area contributed by atoms with Crippen molar-refractivity contribution in [3.05, 3.63) is 42.0 Å². The van der Waals surface area contributed by atoms with Gasteiger partial charge in [0.2, 0.25) is 5.91 Å². The molecule has 0 spiro atoms. The van der Waals surface area contributed by atoms with Gasteiger partial charge in [0.25, 0.3) is 5.91 Å². The smallest absolute Gasteiger partial charge is 0.255 e. The number of anilines is 2. The zero-order valence-corrected chi connectivity index (χ0v) is 17.7. The molecule has 1 fully saturated rings. The minimum atomic E-state index is -0.275. The van der Waals surface area contributed by atoms with Crippen molar-refractivity contribution in [2.45, 2.75) is 33.1 Å². The van der Waals surface area contributed by atoms with Crippen molar-refractivity contribution in [2.24, 2.45) is 0 Å². The highest BCUT2D eigenvalue weighted by atomic mass is 16.5. The van der Waals surface area contributed by atoms with Crippen LogP contribution in [0.4, 0.5) is 11.4 Å². The van der Waals surface area contributed by atoms with Gasteiger partial charge in [-0.15, -0.1) is 0 Å². The van der Waals surface area contributed by atoms with Gasteiger partial charge in [0.15, 0.2) is 11.5 Å². The third-order valence-electron chi connectivity index (χ3n) is 4.86. The average molecular weight is 412 g/mol. The number of methoxy groups -OCH3 is 1. The molecule has 0 radical (unpaired) electrons. The molecule has 0 aromatic heterocycles. The van der Waals surface area contributed by atoms with E-state index in [0.717, 1.165) is 18.5 Å². The third-order valence-corrected chi connectivity index (χ3v) is 4.86. The molecule has 7 nitrogen and oxygen atoms in total. The number of carbonyl (C=O) groups excluding carboxylic acids is 2. The van der Waals surface area contributed by atoms with Gasteiger partial charge in [-0.25, -0.2) is 0 Å². The molecule has 0 bridgehead atoms. The van der Waals surface area contributed by atoms with Gasteiger partial charge < -0.3 is 24.4 Å². The Morgan fingerprint density at radius 3 is 2.47 bits per heavy atom. The SMILES string of the molecule is CCOc1ccc(C(=O)Nc2ccc(N3CCCCC3=O)c(OC)c2)cc1OCC. The van der Waals surface area contributed by atoms with Crippen LogP contribution in [0.15, 0.2) is 36.4 Å². The molecule has 160 valence electrons. The number of ether oxygens (including phenoxy) is 3. The highest BCUT2D eigenvalue weighted by Crippen LogP contribution is 2.34. The van der Waals surface area contributed by atoms with Crippen LogP contribution in [0.1, 0.15) is 43.5 Å². The molecular weight excluding hydrogens is 384 g/mol. The van der Waals surface area contributed by atoms with E-state index in [9.17, 15) is 9.59 Å². The minimum Gasteiger partial charge on any atom is -0.494 e. The van der Waals surface area contributed by atoms with Crippen molar-refractivity contribution < 1.29 is 23.8 Å². The summed E-state index contributed by atoms with van der Waals surface area (Å²) < 4.78 is 16.6. The number of nitrogens with zero attached hydrogens (tertiary/aromatic N) is 1. The molecule has 2 aromatic carbocycles. The summed E-state index contributed by atoms with van der Waals surface area (Å²) in [6.45, 7) is 5.43. The lowest BCUT2D eigenvalue weighted by Crippen LogP contribution is -2.35. The molecule has 1 N–H and O–H groups in total. The molecule has 0 saturated carbocycles. The summed E-state index contributed by atoms with van der Waals surface area (Å²) in [6.07, 6.45) is 2.42. The fourth-order valence-electron chi connectivity index (χ4n) is 3.43. The number of benzene rings is 2. The highest BCUT2D eigenvalue weighted by Gasteiger charge is 2.23. The first-order valence-electron chi connectivity index (χ1n) is 10.3. The Morgan fingerprint density at radius 1 is 1.00 bits per heavy atom. The number of hydrogen-bond acceptors (Lipinski definition) is 5. The lowest BCUT2D eigenvalue weighted by atomic mass is 10.1. The van der Waals surface area contributed by atoms with Gasteiger partial charge in [-0.1, -0.05) is 0 Å². The van der Waals surface area contributed by atoms with Crippen molar-refractivity contribution in [3.63, 3.8) is 0 Å². The molecule has 0 aliphatic carbocycles. The van der Waals surface area contributed by atoms with Gasteiger partial charge in [0, 0.05) is 30.3 Å². The van der Waals surface area contributed by atoms with Crippen molar-refractivity contribution >= 4 is 23.2 Å².